The van der Waals surface area contributed by atoms with Crippen LogP contribution in [0.2, 0.25) is 0 Å². The van der Waals surface area contributed by atoms with E-state index in [0.29, 0.717) is 24.3 Å². The van der Waals surface area contributed by atoms with Gasteiger partial charge in [-0.15, -0.1) is 10.2 Å². The molecule has 0 radical (unpaired) electrons. The molecule has 1 amide bonds. The van der Waals surface area contributed by atoms with E-state index in [4.69, 9.17) is 0 Å². The predicted molar refractivity (Wildman–Crippen MR) is 107 cm³/mol. The van der Waals surface area contributed by atoms with E-state index in [-0.39, 0.29) is 17.9 Å². The third kappa shape index (κ3) is 4.33. The highest BCUT2D eigenvalue weighted by Crippen LogP contribution is 2.29. The normalized spacial score (nSPS) is 17.4. The summed E-state index contributed by atoms with van der Waals surface area (Å²) in [6, 6.07) is 7.58. The van der Waals surface area contributed by atoms with Gasteiger partial charge in [0.15, 0.2) is 5.69 Å². The minimum absolute atomic E-state index is 0.108. The second-order valence-corrected chi connectivity index (χ2v) is 7.97. The molecule has 7 nitrogen and oxygen atoms in total. The lowest BCUT2D eigenvalue weighted by molar-refractivity contribution is -0.141. The van der Waals surface area contributed by atoms with Crippen molar-refractivity contribution in [1.82, 2.24) is 29.4 Å². The van der Waals surface area contributed by atoms with Gasteiger partial charge in [-0.05, 0) is 57.0 Å². The van der Waals surface area contributed by atoms with Crippen molar-refractivity contribution < 1.29 is 18.0 Å². The molecule has 0 saturated carbocycles. The van der Waals surface area contributed by atoms with Gasteiger partial charge in [-0.1, -0.05) is 0 Å². The maximum atomic E-state index is 13.0. The third-order valence-electron chi connectivity index (χ3n) is 5.49. The van der Waals surface area contributed by atoms with E-state index in [1.807, 2.05) is 4.57 Å². The molecule has 1 saturated heterocycles. The number of hydrogen-bond acceptors (Lipinski definition) is 4. The molecule has 10 heteroatoms. The van der Waals surface area contributed by atoms with Crippen molar-refractivity contribution >= 4 is 5.91 Å². The first-order chi connectivity index (χ1) is 14.7. The van der Waals surface area contributed by atoms with Crippen LogP contribution in [-0.2, 0) is 6.18 Å². The molecule has 2 aromatic heterocycles. The number of carbonyl (C=O) groups excluding carboxylic acids is 1. The summed E-state index contributed by atoms with van der Waals surface area (Å²) >= 11 is 0. The summed E-state index contributed by atoms with van der Waals surface area (Å²) in [6.45, 7) is 5.34. The van der Waals surface area contributed by atoms with E-state index in [9.17, 15) is 18.0 Å². The molecule has 1 aliphatic rings. The van der Waals surface area contributed by atoms with E-state index in [0.717, 1.165) is 29.4 Å². The number of carbonyl (C=O) groups is 1. The van der Waals surface area contributed by atoms with Crippen LogP contribution in [0.4, 0.5) is 13.2 Å². The van der Waals surface area contributed by atoms with Crippen molar-refractivity contribution in [3.05, 3.63) is 59.9 Å². The summed E-state index contributed by atoms with van der Waals surface area (Å²) in [7, 11) is 0. The van der Waals surface area contributed by atoms with Gasteiger partial charge in [0.05, 0.1) is 5.69 Å². The average molecular weight is 432 g/mol. The van der Waals surface area contributed by atoms with Crippen molar-refractivity contribution in [3.63, 3.8) is 0 Å². The van der Waals surface area contributed by atoms with Crippen LogP contribution in [-0.4, -0.2) is 48.4 Å². The van der Waals surface area contributed by atoms with Gasteiger partial charge >= 0.3 is 6.18 Å². The van der Waals surface area contributed by atoms with Crippen LogP contribution in [0.25, 0.3) is 5.69 Å². The standard InChI is InChI=1S/C21H23F3N6O/c1-14(2)29-13-25-26-19(29)16-4-3-10-28(12-16)20(31)15-5-7-17(8-6-15)30-11-9-18(27-30)21(22,23)24/h5-9,11,13-14,16H,3-4,10,12H2,1-2H3. The lowest BCUT2D eigenvalue weighted by atomic mass is 9.96. The number of hydrogen-bond donors (Lipinski definition) is 0. The van der Waals surface area contributed by atoms with E-state index in [2.05, 4.69) is 29.1 Å². The van der Waals surface area contributed by atoms with Gasteiger partial charge in [0.2, 0.25) is 0 Å². The van der Waals surface area contributed by atoms with Gasteiger partial charge in [0.25, 0.3) is 5.91 Å². The Labute approximate surface area is 177 Å². The summed E-state index contributed by atoms with van der Waals surface area (Å²) in [5, 5.41) is 11.9. The van der Waals surface area contributed by atoms with Crippen LogP contribution < -0.4 is 0 Å². The smallest absolute Gasteiger partial charge is 0.338 e. The Morgan fingerprint density at radius 1 is 1.16 bits per heavy atom. The molecular formula is C21H23F3N6O. The Balaban J connectivity index is 1.48. The zero-order chi connectivity index (χ0) is 22.2. The molecule has 0 aliphatic carbocycles. The number of benzene rings is 1. The maximum Gasteiger partial charge on any atom is 0.435 e. The van der Waals surface area contributed by atoms with Gasteiger partial charge in [0.1, 0.15) is 12.2 Å². The predicted octanol–water partition coefficient (Wildman–Crippen LogP) is 4.08. The molecule has 0 bridgehead atoms. The van der Waals surface area contributed by atoms with Gasteiger partial charge < -0.3 is 9.47 Å². The molecule has 3 aromatic rings. The van der Waals surface area contributed by atoms with Crippen molar-refractivity contribution in [2.75, 3.05) is 13.1 Å². The number of piperidine rings is 1. The fourth-order valence-electron chi connectivity index (χ4n) is 3.87. The highest BCUT2D eigenvalue weighted by atomic mass is 19.4. The molecule has 4 rings (SSSR count). The van der Waals surface area contributed by atoms with E-state index in [1.54, 1.807) is 35.5 Å². The Morgan fingerprint density at radius 3 is 2.55 bits per heavy atom. The minimum atomic E-state index is -4.49. The number of alkyl halides is 3. The Morgan fingerprint density at radius 2 is 1.90 bits per heavy atom. The number of rotatable bonds is 4. The molecule has 1 unspecified atom stereocenters. The SMILES string of the molecule is CC(C)n1cnnc1C1CCCN(C(=O)c2ccc(-n3ccc(C(F)(F)F)n3)cc2)C1. The minimum Gasteiger partial charge on any atom is -0.338 e. The second kappa shape index (κ2) is 8.16. The van der Waals surface area contributed by atoms with Crippen molar-refractivity contribution in [3.8, 4) is 5.69 Å². The summed E-state index contributed by atoms with van der Waals surface area (Å²) < 4.78 is 41.5. The Kier molecular flexibility index (Phi) is 5.55. The summed E-state index contributed by atoms with van der Waals surface area (Å²) in [5.41, 5.74) is -0.0206. The Bertz CT molecular complexity index is 1050. The van der Waals surface area contributed by atoms with E-state index < -0.39 is 11.9 Å². The molecular weight excluding hydrogens is 409 g/mol. The molecule has 1 fully saturated rings. The van der Waals surface area contributed by atoms with Crippen molar-refractivity contribution in [2.45, 2.75) is 44.8 Å². The van der Waals surface area contributed by atoms with E-state index >= 15 is 0 Å². The first kappa shape index (κ1) is 21.1. The van der Waals surface area contributed by atoms with Crippen molar-refractivity contribution in [1.29, 1.82) is 0 Å². The zero-order valence-corrected chi connectivity index (χ0v) is 17.3. The average Bonchev–Trinajstić information content (AvgIpc) is 3.43. The monoisotopic (exact) mass is 432 g/mol. The van der Waals surface area contributed by atoms with Crippen LogP contribution in [0.5, 0.6) is 0 Å². The maximum absolute atomic E-state index is 13.0. The van der Waals surface area contributed by atoms with Crippen LogP contribution >= 0.6 is 0 Å². The van der Waals surface area contributed by atoms with Crippen molar-refractivity contribution in [2.24, 2.45) is 0 Å². The molecule has 3 heterocycles. The quantitative estimate of drug-likeness (QED) is 0.623. The second-order valence-electron chi connectivity index (χ2n) is 7.97. The van der Waals surface area contributed by atoms with Crippen LogP contribution in [0.1, 0.15) is 60.5 Å². The first-order valence-corrected chi connectivity index (χ1v) is 10.2. The van der Waals surface area contributed by atoms with E-state index in [1.165, 1.54) is 6.20 Å². The molecule has 1 atom stereocenters. The molecule has 0 spiro atoms. The number of aromatic nitrogens is 5. The Hall–Kier alpha value is -3.17. The number of nitrogens with zero attached hydrogens (tertiary/aromatic N) is 6. The summed E-state index contributed by atoms with van der Waals surface area (Å²) in [4.78, 5) is 14.8. The third-order valence-corrected chi connectivity index (χ3v) is 5.49. The zero-order valence-electron chi connectivity index (χ0n) is 17.3. The van der Waals surface area contributed by atoms with Crippen LogP contribution in [0.15, 0.2) is 42.9 Å². The lowest BCUT2D eigenvalue weighted by Gasteiger charge is -2.32. The fraction of sp³-hybridized carbons (Fsp3) is 0.429. The fourth-order valence-corrected chi connectivity index (χ4v) is 3.87. The molecule has 0 N–H and O–H groups in total. The van der Waals surface area contributed by atoms with Gasteiger partial charge in [0, 0.05) is 36.8 Å². The number of amides is 1. The summed E-state index contributed by atoms with van der Waals surface area (Å²) in [6.07, 6.45) is 0.284. The molecule has 1 aromatic carbocycles. The van der Waals surface area contributed by atoms with Gasteiger partial charge in [-0.25, -0.2) is 4.68 Å². The number of halogens is 3. The van der Waals surface area contributed by atoms with Gasteiger partial charge in [-0.3, -0.25) is 4.79 Å². The molecule has 1 aliphatic heterocycles. The highest BCUT2D eigenvalue weighted by Gasteiger charge is 2.33. The molecule has 164 valence electrons. The lowest BCUT2D eigenvalue weighted by Crippen LogP contribution is -2.39. The molecule has 31 heavy (non-hydrogen) atoms. The largest absolute Gasteiger partial charge is 0.435 e. The highest BCUT2D eigenvalue weighted by molar-refractivity contribution is 5.94. The van der Waals surface area contributed by atoms with Crippen LogP contribution in [0.3, 0.4) is 0 Å². The van der Waals surface area contributed by atoms with Crippen LogP contribution in [0, 0.1) is 0 Å². The first-order valence-electron chi connectivity index (χ1n) is 10.2. The number of likely N-dealkylation sites (tertiary alicyclic amines) is 1. The topological polar surface area (TPSA) is 68.8 Å². The van der Waals surface area contributed by atoms with Gasteiger partial charge in [-0.2, -0.15) is 18.3 Å². The summed E-state index contributed by atoms with van der Waals surface area (Å²) in [5.74, 6) is 0.900.